The van der Waals surface area contributed by atoms with Crippen LogP contribution in [0.1, 0.15) is 41.4 Å². The lowest BCUT2D eigenvalue weighted by molar-refractivity contribution is 0.0505. The predicted octanol–water partition coefficient (Wildman–Crippen LogP) is 2.23. The number of rotatable bonds is 4. The Labute approximate surface area is 102 Å². The van der Waals surface area contributed by atoms with Gasteiger partial charge >= 0.3 is 5.97 Å². The first-order valence-electron chi connectivity index (χ1n) is 5.08. The molecule has 0 saturated heterocycles. The molecule has 16 heavy (non-hydrogen) atoms. The maximum Gasteiger partial charge on any atom is 0.360 e. The van der Waals surface area contributed by atoms with Gasteiger partial charge < -0.3 is 4.74 Å². The van der Waals surface area contributed by atoms with Crippen LogP contribution in [0.15, 0.2) is 4.47 Å². The van der Waals surface area contributed by atoms with Crippen LogP contribution in [-0.2, 0) is 4.74 Å². The molecule has 84 valence electrons. The third kappa shape index (κ3) is 2.27. The van der Waals surface area contributed by atoms with Crippen LogP contribution in [0.2, 0.25) is 0 Å². The monoisotopic (exact) mass is 282 g/mol. The maximum atomic E-state index is 11.6. The van der Waals surface area contributed by atoms with Crippen LogP contribution >= 0.6 is 15.9 Å². The highest BCUT2D eigenvalue weighted by Crippen LogP contribution is 2.42. The highest BCUT2D eigenvalue weighted by atomic mass is 79.9. The van der Waals surface area contributed by atoms with Crippen molar-refractivity contribution in [2.75, 3.05) is 6.61 Å². The van der Waals surface area contributed by atoms with E-state index in [0.717, 1.165) is 23.0 Å². The molecule has 0 aromatic carbocycles. The van der Waals surface area contributed by atoms with Gasteiger partial charge in [0.05, 0.1) is 10.2 Å². The lowest BCUT2D eigenvalue weighted by Gasteiger charge is -1.99. The Morgan fingerprint density at radius 1 is 1.69 bits per heavy atom. The first-order chi connectivity index (χ1) is 7.74. The number of nitrogens with zero attached hydrogens (tertiary/aromatic N) is 1. The summed E-state index contributed by atoms with van der Waals surface area (Å²) in [6, 6.07) is 0. The molecular weight excluding hydrogens is 272 g/mol. The summed E-state index contributed by atoms with van der Waals surface area (Å²) < 4.78 is 5.69. The molecular formula is C11H11BrN2O2. The summed E-state index contributed by atoms with van der Waals surface area (Å²) >= 11 is 3.37. The average molecular weight is 283 g/mol. The molecule has 0 amide bonds. The SMILES string of the molecule is C#CCCOC(=O)c1n[nH]c(C2CC2)c1Br. The summed E-state index contributed by atoms with van der Waals surface area (Å²) in [6.45, 7) is 0.230. The molecule has 2 rings (SSSR count). The Hall–Kier alpha value is -1.28. The zero-order valence-corrected chi connectivity index (χ0v) is 10.2. The fourth-order valence-electron chi connectivity index (χ4n) is 1.39. The third-order valence-corrected chi connectivity index (χ3v) is 3.19. The van der Waals surface area contributed by atoms with Crippen molar-refractivity contribution in [2.24, 2.45) is 0 Å². The summed E-state index contributed by atoms with van der Waals surface area (Å²) in [5, 5.41) is 6.83. The Bertz CT molecular complexity index is 443. The molecule has 1 N–H and O–H groups in total. The molecule has 1 aromatic rings. The molecule has 1 fully saturated rings. The molecule has 0 spiro atoms. The smallest absolute Gasteiger partial charge is 0.360 e. The summed E-state index contributed by atoms with van der Waals surface area (Å²) in [5.74, 6) is 2.47. The number of esters is 1. The maximum absolute atomic E-state index is 11.6. The van der Waals surface area contributed by atoms with Crippen molar-refractivity contribution in [1.82, 2.24) is 10.2 Å². The average Bonchev–Trinajstić information content (AvgIpc) is 3.03. The van der Waals surface area contributed by atoms with E-state index in [9.17, 15) is 4.79 Å². The minimum absolute atomic E-state index is 0.230. The van der Waals surface area contributed by atoms with Crippen molar-refractivity contribution >= 4 is 21.9 Å². The topological polar surface area (TPSA) is 55.0 Å². The number of carbonyl (C=O) groups excluding carboxylic acids is 1. The molecule has 0 aliphatic heterocycles. The Morgan fingerprint density at radius 3 is 3.06 bits per heavy atom. The van der Waals surface area contributed by atoms with Gasteiger partial charge in [-0.15, -0.1) is 12.3 Å². The number of H-pyrrole nitrogens is 1. The molecule has 0 atom stereocenters. The van der Waals surface area contributed by atoms with Crippen LogP contribution in [0, 0.1) is 12.3 Å². The van der Waals surface area contributed by atoms with E-state index >= 15 is 0 Å². The van der Waals surface area contributed by atoms with Crippen molar-refractivity contribution in [1.29, 1.82) is 0 Å². The minimum Gasteiger partial charge on any atom is -0.460 e. The van der Waals surface area contributed by atoms with Gasteiger partial charge in [-0.25, -0.2) is 4.79 Å². The number of ether oxygens (including phenoxy) is 1. The summed E-state index contributed by atoms with van der Waals surface area (Å²) in [5.41, 5.74) is 1.29. The fourth-order valence-corrected chi connectivity index (χ4v) is 2.05. The van der Waals surface area contributed by atoms with Crippen molar-refractivity contribution in [3.63, 3.8) is 0 Å². The molecule has 0 radical (unpaired) electrons. The van der Waals surface area contributed by atoms with Gasteiger partial charge in [-0.05, 0) is 28.8 Å². The standard InChI is InChI=1S/C11H11BrN2O2/c1-2-3-6-16-11(15)10-8(12)9(13-14-10)7-4-5-7/h1,7H,3-6H2,(H,13,14). The predicted molar refractivity (Wildman–Crippen MR) is 62.0 cm³/mol. The lowest BCUT2D eigenvalue weighted by atomic mass is 10.3. The fraction of sp³-hybridized carbons (Fsp3) is 0.455. The van der Waals surface area contributed by atoms with Crippen molar-refractivity contribution in [3.05, 3.63) is 15.9 Å². The highest BCUT2D eigenvalue weighted by Gasteiger charge is 2.30. The number of aromatic nitrogens is 2. The van der Waals surface area contributed by atoms with E-state index < -0.39 is 5.97 Å². The highest BCUT2D eigenvalue weighted by molar-refractivity contribution is 9.10. The van der Waals surface area contributed by atoms with E-state index in [-0.39, 0.29) is 6.61 Å². The molecule has 1 aliphatic carbocycles. The number of carbonyl (C=O) groups is 1. The molecule has 0 bridgehead atoms. The molecule has 5 heteroatoms. The second-order valence-corrected chi connectivity index (χ2v) is 4.46. The molecule has 4 nitrogen and oxygen atoms in total. The van der Waals surface area contributed by atoms with Crippen LogP contribution < -0.4 is 0 Å². The first-order valence-corrected chi connectivity index (χ1v) is 5.87. The van der Waals surface area contributed by atoms with Crippen LogP contribution in [0.25, 0.3) is 0 Å². The van der Waals surface area contributed by atoms with Gasteiger partial charge in [0.15, 0.2) is 5.69 Å². The van der Waals surface area contributed by atoms with E-state index in [2.05, 4.69) is 32.0 Å². The number of halogens is 1. The van der Waals surface area contributed by atoms with Crippen molar-refractivity contribution in [3.8, 4) is 12.3 Å². The Kier molecular flexibility index (Phi) is 3.30. The van der Waals surface area contributed by atoms with Crippen LogP contribution in [0.3, 0.4) is 0 Å². The normalized spacial score (nSPS) is 14.5. The van der Waals surface area contributed by atoms with Gasteiger partial charge in [-0.3, -0.25) is 5.10 Å². The van der Waals surface area contributed by atoms with Gasteiger partial charge in [0.1, 0.15) is 6.61 Å². The van der Waals surface area contributed by atoms with Crippen LogP contribution in [-0.4, -0.2) is 22.8 Å². The van der Waals surface area contributed by atoms with Crippen molar-refractivity contribution < 1.29 is 9.53 Å². The number of terminal acetylenes is 1. The second kappa shape index (κ2) is 4.71. The van der Waals surface area contributed by atoms with Gasteiger partial charge in [0, 0.05) is 12.3 Å². The molecule has 1 heterocycles. The summed E-state index contributed by atoms with van der Waals surface area (Å²) in [4.78, 5) is 11.6. The van der Waals surface area contributed by atoms with Gasteiger partial charge in [-0.2, -0.15) is 5.10 Å². The van der Waals surface area contributed by atoms with E-state index in [0.29, 0.717) is 18.0 Å². The van der Waals surface area contributed by atoms with Crippen LogP contribution in [0.4, 0.5) is 0 Å². The minimum atomic E-state index is -0.440. The zero-order valence-electron chi connectivity index (χ0n) is 8.62. The van der Waals surface area contributed by atoms with Gasteiger partial charge in [0.25, 0.3) is 0 Å². The van der Waals surface area contributed by atoms with E-state index in [4.69, 9.17) is 11.2 Å². The largest absolute Gasteiger partial charge is 0.460 e. The van der Waals surface area contributed by atoms with E-state index in [1.165, 1.54) is 0 Å². The molecule has 1 aliphatic rings. The van der Waals surface area contributed by atoms with Crippen molar-refractivity contribution in [2.45, 2.75) is 25.2 Å². The molecule has 1 aromatic heterocycles. The number of hydrogen-bond donors (Lipinski definition) is 1. The quantitative estimate of drug-likeness (QED) is 0.523. The number of aromatic amines is 1. The number of hydrogen-bond acceptors (Lipinski definition) is 3. The van der Waals surface area contributed by atoms with Gasteiger partial charge in [0.2, 0.25) is 0 Å². The Morgan fingerprint density at radius 2 is 2.44 bits per heavy atom. The third-order valence-electron chi connectivity index (χ3n) is 2.39. The second-order valence-electron chi connectivity index (χ2n) is 3.66. The molecule has 0 unspecified atom stereocenters. The summed E-state index contributed by atoms with van der Waals surface area (Å²) in [6.07, 6.45) is 7.77. The lowest BCUT2D eigenvalue weighted by Crippen LogP contribution is -2.07. The van der Waals surface area contributed by atoms with Crippen LogP contribution in [0.5, 0.6) is 0 Å². The molecule has 1 saturated carbocycles. The number of nitrogens with one attached hydrogen (secondary N) is 1. The van der Waals surface area contributed by atoms with Gasteiger partial charge in [-0.1, -0.05) is 0 Å². The zero-order chi connectivity index (χ0) is 11.5. The summed E-state index contributed by atoms with van der Waals surface area (Å²) in [7, 11) is 0. The first kappa shape index (κ1) is 11.2. The Balaban J connectivity index is 2.03. The van der Waals surface area contributed by atoms with E-state index in [1.807, 2.05) is 0 Å². The van der Waals surface area contributed by atoms with E-state index in [1.54, 1.807) is 0 Å².